The molecule has 10 heteroatoms. The molecule has 1 amide bonds. The van der Waals surface area contributed by atoms with E-state index in [-0.39, 0.29) is 4.91 Å². The molecule has 0 bridgehead atoms. The summed E-state index contributed by atoms with van der Waals surface area (Å²) in [7, 11) is 0. The Morgan fingerprint density at radius 3 is 2.55 bits per heavy atom. The quantitative estimate of drug-likeness (QED) is 0.489. The van der Waals surface area contributed by atoms with Crippen LogP contribution in [0.3, 0.4) is 0 Å². The van der Waals surface area contributed by atoms with Gasteiger partial charge in [-0.1, -0.05) is 23.4 Å². The molecule has 2 aromatic carbocycles. The molecule has 0 aliphatic carbocycles. The molecule has 1 unspecified atom stereocenters. The van der Waals surface area contributed by atoms with E-state index in [0.29, 0.717) is 22.9 Å². The molecule has 170 valence electrons. The van der Waals surface area contributed by atoms with Gasteiger partial charge in [0.1, 0.15) is 12.3 Å². The Balaban J connectivity index is 1.76. The highest BCUT2D eigenvalue weighted by molar-refractivity contribution is 8.05. The molecule has 1 saturated heterocycles. The van der Waals surface area contributed by atoms with Crippen molar-refractivity contribution in [1.82, 2.24) is 14.7 Å². The number of carbonyl (C=O) groups is 2. The number of thioether (sulfide) groups is 1. The largest absolute Gasteiger partial charge is 0.494 e. The highest BCUT2D eigenvalue weighted by Crippen LogP contribution is 2.36. The zero-order valence-electron chi connectivity index (χ0n) is 17.5. The molecule has 1 fully saturated rings. The zero-order valence-corrected chi connectivity index (χ0v) is 19.1. The molecule has 4 rings (SSSR count). The molecule has 0 radical (unpaired) electrons. The maximum Gasteiger partial charge on any atom is 0.323 e. The van der Waals surface area contributed by atoms with Gasteiger partial charge in [-0.3, -0.25) is 14.5 Å². The number of aliphatic carboxylic acids is 1. The van der Waals surface area contributed by atoms with Crippen molar-refractivity contribution in [3.05, 3.63) is 70.2 Å². The van der Waals surface area contributed by atoms with Gasteiger partial charge in [0.2, 0.25) is 0 Å². The predicted octanol–water partition coefficient (Wildman–Crippen LogP) is 3.87. The topological polar surface area (TPSA) is 105 Å². The summed E-state index contributed by atoms with van der Waals surface area (Å²) in [6.07, 6.45) is 3.38. The van der Waals surface area contributed by atoms with Gasteiger partial charge in [0.25, 0.3) is 5.91 Å². The van der Waals surface area contributed by atoms with Gasteiger partial charge in [0.05, 0.1) is 22.9 Å². The van der Waals surface area contributed by atoms with Gasteiger partial charge in [-0.2, -0.15) is 5.10 Å². The van der Waals surface area contributed by atoms with E-state index in [1.54, 1.807) is 29.1 Å². The standard InChI is InChI=1S/C23H20ClN3O5S/c1-2-32-18-9-3-14(4-10-18)21-15(12-27(25-21)17-7-5-16(24)6-8-17)11-19-22(30)26(13-20(28)29)23(31)33-19/h3-12,23,31H,2,13H2,1H3,(H,28,29)/b19-11-. The molecule has 1 aromatic heterocycles. The van der Waals surface area contributed by atoms with E-state index in [0.717, 1.165) is 33.7 Å². The van der Waals surface area contributed by atoms with Gasteiger partial charge >= 0.3 is 5.97 Å². The molecule has 0 saturated carbocycles. The van der Waals surface area contributed by atoms with E-state index in [9.17, 15) is 14.7 Å². The molecule has 0 spiro atoms. The maximum absolute atomic E-state index is 12.7. The molecule has 2 heterocycles. The molecule has 33 heavy (non-hydrogen) atoms. The van der Waals surface area contributed by atoms with E-state index >= 15 is 0 Å². The van der Waals surface area contributed by atoms with Crippen LogP contribution in [0.25, 0.3) is 23.0 Å². The lowest BCUT2D eigenvalue weighted by atomic mass is 10.1. The van der Waals surface area contributed by atoms with Crippen LogP contribution in [0.1, 0.15) is 12.5 Å². The minimum absolute atomic E-state index is 0.228. The number of benzene rings is 2. The highest BCUT2D eigenvalue weighted by atomic mass is 35.5. The lowest BCUT2D eigenvalue weighted by Crippen LogP contribution is -2.36. The third kappa shape index (κ3) is 5.05. The van der Waals surface area contributed by atoms with Crippen molar-refractivity contribution in [2.24, 2.45) is 0 Å². The Labute approximate surface area is 199 Å². The number of nitrogens with zero attached hydrogens (tertiary/aromatic N) is 3. The number of carboxylic acids is 1. The fraction of sp³-hybridized carbons (Fsp3) is 0.174. The Morgan fingerprint density at radius 1 is 1.21 bits per heavy atom. The van der Waals surface area contributed by atoms with Gasteiger partial charge in [-0.25, -0.2) is 4.68 Å². The Kier molecular flexibility index (Phi) is 6.73. The Bertz CT molecular complexity index is 1210. The third-order valence-electron chi connectivity index (χ3n) is 4.84. The van der Waals surface area contributed by atoms with Crippen molar-refractivity contribution in [3.63, 3.8) is 0 Å². The molecular formula is C23H20ClN3O5S. The number of aliphatic hydroxyl groups excluding tert-OH is 1. The summed E-state index contributed by atoms with van der Waals surface area (Å²) < 4.78 is 7.18. The van der Waals surface area contributed by atoms with E-state index in [1.165, 1.54) is 0 Å². The maximum atomic E-state index is 12.7. The summed E-state index contributed by atoms with van der Waals surface area (Å²) in [4.78, 5) is 24.9. The second kappa shape index (κ2) is 9.70. The fourth-order valence-corrected chi connectivity index (χ4v) is 4.38. The van der Waals surface area contributed by atoms with Crippen molar-refractivity contribution in [2.75, 3.05) is 13.2 Å². The fourth-order valence-electron chi connectivity index (χ4n) is 3.32. The number of rotatable bonds is 7. The molecule has 1 atom stereocenters. The van der Waals surface area contributed by atoms with Crippen LogP contribution in [-0.2, 0) is 9.59 Å². The number of carbonyl (C=O) groups excluding carboxylic acids is 1. The van der Waals surface area contributed by atoms with Crippen molar-refractivity contribution in [2.45, 2.75) is 12.5 Å². The number of carboxylic acid groups (broad SMARTS) is 1. The molecule has 8 nitrogen and oxygen atoms in total. The number of hydrogen-bond acceptors (Lipinski definition) is 6. The smallest absolute Gasteiger partial charge is 0.323 e. The van der Waals surface area contributed by atoms with Crippen LogP contribution in [0, 0.1) is 0 Å². The van der Waals surface area contributed by atoms with E-state index in [4.69, 9.17) is 26.5 Å². The normalized spacial score (nSPS) is 17.1. The van der Waals surface area contributed by atoms with Crippen molar-refractivity contribution < 1.29 is 24.5 Å². The number of amides is 1. The summed E-state index contributed by atoms with van der Waals surface area (Å²) in [5, 5.41) is 24.5. The van der Waals surface area contributed by atoms with E-state index in [1.807, 2.05) is 43.3 Å². The average molecular weight is 486 g/mol. The number of halogens is 1. The van der Waals surface area contributed by atoms with Gasteiger partial charge in [-0.05, 0) is 61.5 Å². The van der Waals surface area contributed by atoms with Gasteiger partial charge in [0, 0.05) is 22.3 Å². The summed E-state index contributed by atoms with van der Waals surface area (Å²) >= 11 is 6.90. The van der Waals surface area contributed by atoms with E-state index in [2.05, 4.69) is 0 Å². The summed E-state index contributed by atoms with van der Waals surface area (Å²) in [6, 6.07) is 14.6. The number of aliphatic hydroxyl groups is 1. The van der Waals surface area contributed by atoms with Gasteiger partial charge in [0.15, 0.2) is 5.56 Å². The monoisotopic (exact) mass is 485 g/mol. The number of hydrogen-bond donors (Lipinski definition) is 2. The molecule has 2 N–H and O–H groups in total. The first-order chi connectivity index (χ1) is 15.9. The van der Waals surface area contributed by atoms with Crippen LogP contribution in [0.15, 0.2) is 59.6 Å². The number of ether oxygens (including phenoxy) is 1. The van der Waals surface area contributed by atoms with Gasteiger partial charge in [-0.15, -0.1) is 0 Å². The van der Waals surface area contributed by atoms with Crippen LogP contribution >= 0.6 is 23.4 Å². The Hall–Kier alpha value is -3.27. The van der Waals surface area contributed by atoms with E-state index < -0.39 is 24.0 Å². The first-order valence-electron chi connectivity index (χ1n) is 10.0. The minimum Gasteiger partial charge on any atom is -0.494 e. The SMILES string of the molecule is CCOc1ccc(-c2nn(-c3ccc(Cl)cc3)cc2/C=C2\SC(O)N(CC(=O)O)C2=O)cc1. The van der Waals surface area contributed by atoms with Crippen molar-refractivity contribution in [1.29, 1.82) is 0 Å². The minimum atomic E-state index is -1.26. The second-order valence-corrected chi connectivity index (χ2v) is 8.62. The third-order valence-corrected chi connectivity index (χ3v) is 6.10. The first kappa shape index (κ1) is 22.9. The average Bonchev–Trinajstić information content (AvgIpc) is 3.31. The van der Waals surface area contributed by atoms with Crippen LogP contribution in [0.2, 0.25) is 5.02 Å². The molecule has 3 aromatic rings. The predicted molar refractivity (Wildman–Crippen MR) is 126 cm³/mol. The highest BCUT2D eigenvalue weighted by Gasteiger charge is 2.36. The molecule has 1 aliphatic heterocycles. The summed E-state index contributed by atoms with van der Waals surface area (Å²) in [6.45, 7) is 1.88. The van der Waals surface area contributed by atoms with Crippen LogP contribution < -0.4 is 4.74 Å². The molecular weight excluding hydrogens is 466 g/mol. The first-order valence-corrected chi connectivity index (χ1v) is 11.3. The summed E-state index contributed by atoms with van der Waals surface area (Å²) in [5.74, 6) is -1.02. The Morgan fingerprint density at radius 2 is 1.91 bits per heavy atom. The van der Waals surface area contributed by atoms with Gasteiger partial charge < -0.3 is 14.9 Å². The van der Waals surface area contributed by atoms with Crippen molar-refractivity contribution in [3.8, 4) is 22.7 Å². The van der Waals surface area contributed by atoms with Crippen LogP contribution in [0.4, 0.5) is 0 Å². The number of aromatic nitrogens is 2. The summed E-state index contributed by atoms with van der Waals surface area (Å²) in [5.41, 5.74) is 1.56. The van der Waals surface area contributed by atoms with Crippen LogP contribution in [0.5, 0.6) is 5.75 Å². The van der Waals surface area contributed by atoms with Crippen LogP contribution in [-0.4, -0.2) is 55.5 Å². The lowest BCUT2D eigenvalue weighted by Gasteiger charge is -2.15. The second-order valence-electron chi connectivity index (χ2n) is 7.09. The zero-order chi connectivity index (χ0) is 23.5. The molecule has 1 aliphatic rings. The van der Waals surface area contributed by atoms with Crippen molar-refractivity contribution >= 4 is 41.3 Å². The lowest BCUT2D eigenvalue weighted by molar-refractivity contribution is -0.145.